The van der Waals surface area contributed by atoms with E-state index in [-0.39, 0.29) is 22.9 Å². The zero-order chi connectivity index (χ0) is 20.4. The van der Waals surface area contributed by atoms with E-state index in [2.05, 4.69) is 5.32 Å². The van der Waals surface area contributed by atoms with Crippen LogP contribution in [0.1, 0.15) is 30.2 Å². The number of nitrogens with zero attached hydrogens (tertiary/aromatic N) is 1. The SMILES string of the molecule is CC(C)n1cc(C(=O)Nc2ccc(O)c(F)c2)c(=O)c(-c2ccc(F)cc2)c1. The standard InChI is InChI=1S/C21H18F2N2O3/c1-12(2)25-10-16(13-3-5-14(22)6-4-13)20(27)17(11-25)21(28)24-15-7-8-19(26)18(23)9-15/h3-12,26H,1-2H3,(H,24,28). The Morgan fingerprint density at radius 2 is 1.75 bits per heavy atom. The lowest BCUT2D eigenvalue weighted by molar-refractivity contribution is 0.102. The van der Waals surface area contributed by atoms with Gasteiger partial charge in [0.05, 0.1) is 0 Å². The number of anilines is 1. The van der Waals surface area contributed by atoms with Gasteiger partial charge in [-0.15, -0.1) is 0 Å². The molecule has 0 spiro atoms. The number of carbonyl (C=O) groups is 1. The smallest absolute Gasteiger partial charge is 0.261 e. The Balaban J connectivity index is 2.06. The Labute approximate surface area is 159 Å². The molecule has 0 saturated carbocycles. The molecule has 0 aliphatic carbocycles. The predicted octanol–water partition coefficient (Wildman–Crippen LogP) is 4.33. The highest BCUT2D eigenvalue weighted by Crippen LogP contribution is 2.21. The molecule has 0 bridgehead atoms. The Bertz CT molecular complexity index is 1090. The molecule has 7 heteroatoms. The van der Waals surface area contributed by atoms with Crippen molar-refractivity contribution >= 4 is 11.6 Å². The first-order chi connectivity index (χ1) is 13.3. The number of carbonyl (C=O) groups excluding carboxylic acids is 1. The summed E-state index contributed by atoms with van der Waals surface area (Å²) < 4.78 is 28.4. The van der Waals surface area contributed by atoms with E-state index in [1.165, 1.54) is 36.5 Å². The van der Waals surface area contributed by atoms with Crippen LogP contribution < -0.4 is 10.7 Å². The van der Waals surface area contributed by atoms with Crippen LogP contribution in [0.2, 0.25) is 0 Å². The second-order valence-electron chi connectivity index (χ2n) is 6.58. The summed E-state index contributed by atoms with van der Waals surface area (Å²) in [5.74, 6) is -2.58. The van der Waals surface area contributed by atoms with Crippen molar-refractivity contribution in [3.8, 4) is 16.9 Å². The predicted molar refractivity (Wildman–Crippen MR) is 102 cm³/mol. The monoisotopic (exact) mass is 384 g/mol. The van der Waals surface area contributed by atoms with Gasteiger partial charge in [0.25, 0.3) is 5.91 Å². The van der Waals surface area contributed by atoms with Crippen molar-refractivity contribution in [1.82, 2.24) is 4.57 Å². The number of amides is 1. The van der Waals surface area contributed by atoms with E-state index in [1.807, 2.05) is 13.8 Å². The Morgan fingerprint density at radius 1 is 1.07 bits per heavy atom. The molecule has 1 amide bonds. The van der Waals surface area contributed by atoms with Gasteiger partial charge in [0.1, 0.15) is 11.4 Å². The molecule has 3 aromatic rings. The summed E-state index contributed by atoms with van der Waals surface area (Å²) in [7, 11) is 0. The summed E-state index contributed by atoms with van der Waals surface area (Å²) in [6, 6.07) is 8.74. The average molecular weight is 384 g/mol. The Kier molecular flexibility index (Phi) is 5.26. The van der Waals surface area contributed by atoms with Crippen molar-refractivity contribution < 1.29 is 18.7 Å². The van der Waals surface area contributed by atoms with Gasteiger partial charge in [-0.1, -0.05) is 12.1 Å². The Morgan fingerprint density at radius 3 is 2.36 bits per heavy atom. The zero-order valence-electron chi connectivity index (χ0n) is 15.2. The number of phenolic OH excluding ortho intramolecular Hbond substituents is 1. The van der Waals surface area contributed by atoms with Crippen LogP contribution in [-0.4, -0.2) is 15.6 Å². The van der Waals surface area contributed by atoms with Gasteiger partial charge in [0, 0.05) is 35.8 Å². The average Bonchev–Trinajstić information content (AvgIpc) is 2.65. The van der Waals surface area contributed by atoms with Gasteiger partial charge >= 0.3 is 0 Å². The highest BCUT2D eigenvalue weighted by molar-refractivity contribution is 6.04. The molecule has 144 valence electrons. The first-order valence-electron chi connectivity index (χ1n) is 8.58. The normalized spacial score (nSPS) is 10.9. The van der Waals surface area contributed by atoms with Crippen molar-refractivity contribution in [2.75, 3.05) is 5.32 Å². The summed E-state index contributed by atoms with van der Waals surface area (Å²) in [4.78, 5) is 25.6. The number of benzene rings is 2. The fraction of sp³-hybridized carbons (Fsp3) is 0.143. The highest BCUT2D eigenvalue weighted by Gasteiger charge is 2.18. The maximum atomic E-state index is 13.5. The number of halogens is 2. The lowest BCUT2D eigenvalue weighted by atomic mass is 10.0. The number of rotatable bonds is 4. The minimum atomic E-state index is -0.891. The van der Waals surface area contributed by atoms with Crippen LogP contribution in [0.15, 0.2) is 59.7 Å². The molecule has 0 aliphatic rings. The van der Waals surface area contributed by atoms with E-state index in [0.717, 1.165) is 12.1 Å². The van der Waals surface area contributed by atoms with Crippen LogP contribution in [0.4, 0.5) is 14.5 Å². The second kappa shape index (κ2) is 7.64. The molecule has 0 atom stereocenters. The van der Waals surface area contributed by atoms with E-state index in [0.29, 0.717) is 5.56 Å². The molecule has 1 heterocycles. The summed E-state index contributed by atoms with van der Waals surface area (Å²) in [5, 5.41) is 11.7. The van der Waals surface area contributed by atoms with E-state index >= 15 is 0 Å². The molecule has 28 heavy (non-hydrogen) atoms. The van der Waals surface area contributed by atoms with Crippen LogP contribution in [-0.2, 0) is 0 Å². The van der Waals surface area contributed by atoms with Crippen LogP contribution >= 0.6 is 0 Å². The van der Waals surface area contributed by atoms with Crippen molar-refractivity contribution in [3.63, 3.8) is 0 Å². The van der Waals surface area contributed by atoms with Crippen molar-refractivity contribution in [2.45, 2.75) is 19.9 Å². The minimum Gasteiger partial charge on any atom is -0.505 e. The number of aromatic nitrogens is 1. The van der Waals surface area contributed by atoms with Gasteiger partial charge in [-0.2, -0.15) is 0 Å². The summed E-state index contributed by atoms with van der Waals surface area (Å²) in [6.45, 7) is 3.77. The Hall–Kier alpha value is -3.48. The van der Waals surface area contributed by atoms with Crippen LogP contribution in [0.25, 0.3) is 11.1 Å². The summed E-state index contributed by atoms with van der Waals surface area (Å²) >= 11 is 0. The molecule has 0 unspecified atom stereocenters. The number of hydrogen-bond acceptors (Lipinski definition) is 3. The van der Waals surface area contributed by atoms with E-state index in [1.54, 1.807) is 10.8 Å². The fourth-order valence-corrected chi connectivity index (χ4v) is 2.68. The van der Waals surface area contributed by atoms with Gasteiger partial charge in [-0.3, -0.25) is 9.59 Å². The van der Waals surface area contributed by atoms with Gasteiger partial charge in [0.15, 0.2) is 11.6 Å². The molecular formula is C21H18F2N2O3. The fourth-order valence-electron chi connectivity index (χ4n) is 2.68. The number of phenols is 1. The third-order valence-corrected chi connectivity index (χ3v) is 4.25. The van der Waals surface area contributed by atoms with E-state index < -0.39 is 28.7 Å². The highest BCUT2D eigenvalue weighted by atomic mass is 19.1. The number of nitrogens with one attached hydrogen (secondary N) is 1. The molecule has 0 radical (unpaired) electrons. The van der Waals surface area contributed by atoms with Crippen molar-refractivity contribution in [2.24, 2.45) is 0 Å². The molecule has 0 aliphatic heterocycles. The maximum absolute atomic E-state index is 13.5. The molecule has 0 saturated heterocycles. The third-order valence-electron chi connectivity index (χ3n) is 4.25. The first kappa shape index (κ1) is 19.3. The lowest BCUT2D eigenvalue weighted by Gasteiger charge is -2.15. The molecule has 3 rings (SSSR count). The van der Waals surface area contributed by atoms with E-state index in [4.69, 9.17) is 0 Å². The second-order valence-corrected chi connectivity index (χ2v) is 6.58. The van der Waals surface area contributed by atoms with Crippen LogP contribution in [0, 0.1) is 11.6 Å². The van der Waals surface area contributed by atoms with Gasteiger partial charge < -0.3 is 15.0 Å². The van der Waals surface area contributed by atoms with Gasteiger partial charge in [0.2, 0.25) is 5.43 Å². The maximum Gasteiger partial charge on any atom is 0.261 e. The summed E-state index contributed by atoms with van der Waals surface area (Å²) in [6.07, 6.45) is 3.03. The third kappa shape index (κ3) is 3.93. The largest absolute Gasteiger partial charge is 0.505 e. The molecule has 2 aromatic carbocycles. The first-order valence-corrected chi connectivity index (χ1v) is 8.58. The van der Waals surface area contributed by atoms with Crippen molar-refractivity contribution in [1.29, 1.82) is 0 Å². The van der Waals surface area contributed by atoms with Crippen LogP contribution in [0.3, 0.4) is 0 Å². The molecular weight excluding hydrogens is 366 g/mol. The molecule has 2 N–H and O–H groups in total. The number of aromatic hydroxyl groups is 1. The summed E-state index contributed by atoms with van der Waals surface area (Å²) in [5.41, 5.74) is 0.164. The van der Waals surface area contributed by atoms with E-state index in [9.17, 15) is 23.5 Å². The van der Waals surface area contributed by atoms with Crippen LogP contribution in [0.5, 0.6) is 5.75 Å². The minimum absolute atomic E-state index is 0.0440. The topological polar surface area (TPSA) is 71.3 Å². The lowest BCUT2D eigenvalue weighted by Crippen LogP contribution is -2.25. The molecule has 1 aromatic heterocycles. The van der Waals surface area contributed by atoms with Crippen molar-refractivity contribution in [3.05, 3.63) is 82.3 Å². The molecule has 5 nitrogen and oxygen atoms in total. The number of pyridine rings is 1. The number of hydrogen-bond donors (Lipinski definition) is 2. The van der Waals surface area contributed by atoms with Gasteiger partial charge in [-0.25, -0.2) is 8.78 Å². The quantitative estimate of drug-likeness (QED) is 0.658. The van der Waals surface area contributed by atoms with Gasteiger partial charge in [-0.05, 0) is 43.7 Å². The zero-order valence-corrected chi connectivity index (χ0v) is 15.2. The molecule has 0 fully saturated rings.